The molecule has 0 aliphatic heterocycles. The highest BCUT2D eigenvalue weighted by atomic mass is 35.5. The van der Waals surface area contributed by atoms with Gasteiger partial charge in [-0.25, -0.2) is 0 Å². The van der Waals surface area contributed by atoms with Crippen molar-refractivity contribution in [1.82, 2.24) is 0 Å². The highest BCUT2D eigenvalue weighted by molar-refractivity contribution is 6.31. The molecule has 0 aliphatic carbocycles. The predicted molar refractivity (Wildman–Crippen MR) is 52.4 cm³/mol. The molecule has 70 valence electrons. The number of ketones is 1. The van der Waals surface area contributed by atoms with E-state index in [0.29, 0.717) is 17.0 Å². The van der Waals surface area contributed by atoms with Gasteiger partial charge in [0.05, 0.1) is 5.56 Å². The quantitative estimate of drug-likeness (QED) is 0.759. The van der Waals surface area contributed by atoms with Gasteiger partial charge in [-0.3, -0.25) is 4.79 Å². The fourth-order valence-corrected chi connectivity index (χ4v) is 1.27. The highest BCUT2D eigenvalue weighted by Gasteiger charge is 2.09. The van der Waals surface area contributed by atoms with Gasteiger partial charge in [0.1, 0.15) is 5.75 Å². The van der Waals surface area contributed by atoms with E-state index >= 15 is 0 Å². The van der Waals surface area contributed by atoms with Crippen molar-refractivity contribution in [2.45, 2.75) is 19.8 Å². The van der Waals surface area contributed by atoms with Gasteiger partial charge in [0.2, 0.25) is 0 Å². The molecule has 0 saturated heterocycles. The predicted octanol–water partition coefficient (Wildman–Crippen LogP) is 3.03. The van der Waals surface area contributed by atoms with Crippen LogP contribution in [0, 0.1) is 0 Å². The largest absolute Gasteiger partial charge is 0.507 e. The lowest BCUT2D eigenvalue weighted by atomic mass is 10.1. The molecule has 0 amide bonds. The Bertz CT molecular complexity index is 321. The SMILES string of the molecule is CCCC(=O)c1cc(Cl)ccc1O. The van der Waals surface area contributed by atoms with Crippen molar-refractivity contribution in [1.29, 1.82) is 0 Å². The van der Waals surface area contributed by atoms with E-state index in [2.05, 4.69) is 0 Å². The van der Waals surface area contributed by atoms with Crippen molar-refractivity contribution in [3.8, 4) is 5.75 Å². The van der Waals surface area contributed by atoms with Crippen molar-refractivity contribution in [3.63, 3.8) is 0 Å². The van der Waals surface area contributed by atoms with E-state index in [4.69, 9.17) is 11.6 Å². The van der Waals surface area contributed by atoms with E-state index in [1.807, 2.05) is 6.92 Å². The molecule has 13 heavy (non-hydrogen) atoms. The number of aromatic hydroxyl groups is 1. The molecule has 1 aromatic rings. The van der Waals surface area contributed by atoms with E-state index < -0.39 is 0 Å². The average molecular weight is 199 g/mol. The normalized spacial score (nSPS) is 10.0. The zero-order chi connectivity index (χ0) is 9.84. The standard InChI is InChI=1S/C10H11ClO2/c1-2-3-9(12)8-6-7(11)4-5-10(8)13/h4-6,13H,2-3H2,1H3. The van der Waals surface area contributed by atoms with Gasteiger partial charge in [-0.05, 0) is 24.6 Å². The molecule has 0 aliphatic rings. The number of halogens is 1. The second-order valence-electron chi connectivity index (χ2n) is 2.83. The van der Waals surface area contributed by atoms with Crippen LogP contribution in [0.2, 0.25) is 5.02 Å². The van der Waals surface area contributed by atoms with E-state index in [1.54, 1.807) is 6.07 Å². The van der Waals surface area contributed by atoms with Crippen LogP contribution < -0.4 is 0 Å². The molecule has 0 bridgehead atoms. The number of benzene rings is 1. The maximum Gasteiger partial charge on any atom is 0.166 e. The van der Waals surface area contributed by atoms with Crippen LogP contribution >= 0.6 is 11.6 Å². The van der Waals surface area contributed by atoms with Crippen LogP contribution in [0.25, 0.3) is 0 Å². The van der Waals surface area contributed by atoms with Crippen molar-refractivity contribution >= 4 is 17.4 Å². The van der Waals surface area contributed by atoms with Gasteiger partial charge in [0, 0.05) is 11.4 Å². The monoisotopic (exact) mass is 198 g/mol. The summed E-state index contributed by atoms with van der Waals surface area (Å²) in [6.45, 7) is 1.92. The number of carbonyl (C=O) groups is 1. The van der Waals surface area contributed by atoms with Crippen molar-refractivity contribution in [2.75, 3.05) is 0 Å². The number of Topliss-reactive ketones (excluding diaryl/α,β-unsaturated/α-hetero) is 1. The summed E-state index contributed by atoms with van der Waals surface area (Å²) in [5.41, 5.74) is 0.314. The Morgan fingerprint density at radius 1 is 1.54 bits per heavy atom. The molecule has 1 N–H and O–H groups in total. The van der Waals surface area contributed by atoms with Gasteiger partial charge < -0.3 is 5.11 Å². The molecule has 0 heterocycles. The van der Waals surface area contributed by atoms with Gasteiger partial charge in [-0.1, -0.05) is 18.5 Å². The number of hydrogen-bond donors (Lipinski definition) is 1. The number of phenolic OH excluding ortho intramolecular Hbond substituents is 1. The fourth-order valence-electron chi connectivity index (χ4n) is 1.09. The Hall–Kier alpha value is -1.02. The summed E-state index contributed by atoms with van der Waals surface area (Å²) in [5.74, 6) is -0.0645. The molecule has 1 rings (SSSR count). The first-order chi connectivity index (χ1) is 6.15. The summed E-state index contributed by atoms with van der Waals surface area (Å²) in [6, 6.07) is 4.49. The summed E-state index contributed by atoms with van der Waals surface area (Å²) in [5, 5.41) is 9.82. The second-order valence-corrected chi connectivity index (χ2v) is 3.27. The fraction of sp³-hybridized carbons (Fsp3) is 0.300. The van der Waals surface area contributed by atoms with Gasteiger partial charge in [0.25, 0.3) is 0 Å². The van der Waals surface area contributed by atoms with Crippen LogP contribution in [-0.2, 0) is 0 Å². The first-order valence-corrected chi connectivity index (χ1v) is 4.54. The molecule has 1 aromatic carbocycles. The van der Waals surface area contributed by atoms with Gasteiger partial charge >= 0.3 is 0 Å². The van der Waals surface area contributed by atoms with Crippen LogP contribution in [0.4, 0.5) is 0 Å². The van der Waals surface area contributed by atoms with Crippen LogP contribution in [0.1, 0.15) is 30.1 Å². The Balaban J connectivity index is 2.99. The Labute approximate surface area is 82.2 Å². The molecule has 0 saturated carbocycles. The zero-order valence-corrected chi connectivity index (χ0v) is 8.14. The van der Waals surface area contributed by atoms with Gasteiger partial charge in [0.15, 0.2) is 5.78 Å². The number of rotatable bonds is 3. The summed E-state index contributed by atoms with van der Waals surface area (Å²) >= 11 is 5.70. The molecule has 0 unspecified atom stereocenters. The van der Waals surface area contributed by atoms with Crippen molar-refractivity contribution in [3.05, 3.63) is 28.8 Å². The van der Waals surface area contributed by atoms with Crippen LogP contribution in [-0.4, -0.2) is 10.9 Å². The van der Waals surface area contributed by atoms with E-state index in [-0.39, 0.29) is 11.5 Å². The Kier molecular flexibility index (Phi) is 3.32. The van der Waals surface area contributed by atoms with Crippen LogP contribution in [0.15, 0.2) is 18.2 Å². The molecule has 0 spiro atoms. The van der Waals surface area contributed by atoms with E-state index in [9.17, 15) is 9.90 Å². The summed E-state index contributed by atoms with van der Waals surface area (Å²) < 4.78 is 0. The number of hydrogen-bond acceptors (Lipinski definition) is 2. The third-order valence-corrected chi connectivity index (χ3v) is 1.97. The minimum absolute atomic E-state index is 0.00264. The first-order valence-electron chi connectivity index (χ1n) is 4.17. The minimum atomic E-state index is -0.0671. The summed E-state index contributed by atoms with van der Waals surface area (Å²) in [7, 11) is 0. The molecule has 0 fully saturated rings. The zero-order valence-electron chi connectivity index (χ0n) is 7.38. The summed E-state index contributed by atoms with van der Waals surface area (Å²) in [4.78, 5) is 11.4. The molecule has 0 atom stereocenters. The third-order valence-electron chi connectivity index (χ3n) is 1.74. The van der Waals surface area contributed by atoms with E-state index in [0.717, 1.165) is 6.42 Å². The van der Waals surface area contributed by atoms with Gasteiger partial charge in [-0.15, -0.1) is 0 Å². The molecule has 0 aromatic heterocycles. The topological polar surface area (TPSA) is 37.3 Å². The van der Waals surface area contributed by atoms with Gasteiger partial charge in [-0.2, -0.15) is 0 Å². The van der Waals surface area contributed by atoms with Crippen LogP contribution in [0.3, 0.4) is 0 Å². The maximum atomic E-state index is 11.4. The lowest BCUT2D eigenvalue weighted by Crippen LogP contribution is -1.98. The first kappa shape index (κ1) is 10.1. The molecule has 0 radical (unpaired) electrons. The second kappa shape index (κ2) is 4.28. The average Bonchev–Trinajstić information content (AvgIpc) is 2.09. The number of phenols is 1. The lowest BCUT2D eigenvalue weighted by molar-refractivity contribution is 0.0979. The maximum absolute atomic E-state index is 11.4. The molecular weight excluding hydrogens is 188 g/mol. The molecular formula is C10H11ClO2. The Morgan fingerprint density at radius 2 is 2.23 bits per heavy atom. The minimum Gasteiger partial charge on any atom is -0.507 e. The lowest BCUT2D eigenvalue weighted by Gasteiger charge is -2.02. The van der Waals surface area contributed by atoms with E-state index in [1.165, 1.54) is 12.1 Å². The van der Waals surface area contributed by atoms with Crippen molar-refractivity contribution in [2.24, 2.45) is 0 Å². The number of carbonyl (C=O) groups excluding carboxylic acids is 1. The molecule has 3 heteroatoms. The third kappa shape index (κ3) is 2.46. The Morgan fingerprint density at radius 3 is 2.85 bits per heavy atom. The van der Waals surface area contributed by atoms with Crippen molar-refractivity contribution < 1.29 is 9.90 Å². The molecule has 2 nitrogen and oxygen atoms in total. The van der Waals surface area contributed by atoms with Crippen LogP contribution in [0.5, 0.6) is 5.75 Å². The smallest absolute Gasteiger partial charge is 0.166 e. The highest BCUT2D eigenvalue weighted by Crippen LogP contribution is 2.22. The summed E-state index contributed by atoms with van der Waals surface area (Å²) in [6.07, 6.45) is 1.21.